The lowest BCUT2D eigenvalue weighted by Crippen LogP contribution is -2.26. The highest BCUT2D eigenvalue weighted by molar-refractivity contribution is 5.88. The van der Waals surface area contributed by atoms with Crippen LogP contribution < -0.4 is 14.2 Å². The summed E-state index contributed by atoms with van der Waals surface area (Å²) in [6, 6.07) is 61.9. The van der Waals surface area contributed by atoms with E-state index >= 15 is 0 Å². The minimum absolute atomic E-state index is 0.0375. The van der Waals surface area contributed by atoms with Crippen molar-refractivity contribution in [3.05, 3.63) is 334 Å². The first kappa shape index (κ1) is 70.7. The van der Waals surface area contributed by atoms with E-state index in [1.807, 2.05) is 110 Å². The van der Waals surface area contributed by atoms with Crippen LogP contribution in [0.5, 0.6) is 40.2 Å². The van der Waals surface area contributed by atoms with Gasteiger partial charge in [0.25, 0.3) is 0 Å². The summed E-state index contributed by atoms with van der Waals surface area (Å²) in [6.45, 7) is 24.2. The van der Waals surface area contributed by atoms with E-state index in [-0.39, 0.29) is 59.5 Å². The molecular weight excluding hydrogens is 1260 g/mol. The summed E-state index contributed by atoms with van der Waals surface area (Å²) in [7, 11) is 0. The number of hydrogen-bond acceptors (Lipinski definition) is 10. The van der Waals surface area contributed by atoms with Crippen LogP contribution in [0.15, 0.2) is 200 Å². The van der Waals surface area contributed by atoms with Crippen molar-refractivity contribution in [1.29, 1.82) is 0 Å². The van der Waals surface area contributed by atoms with Crippen LogP contribution >= 0.6 is 0 Å². The molecule has 11 aromatic carbocycles. The molecule has 0 aliphatic carbocycles. The third kappa shape index (κ3) is 14.8. The highest BCUT2D eigenvalue weighted by atomic mass is 16.5. The van der Waals surface area contributed by atoms with Crippen molar-refractivity contribution in [2.24, 2.45) is 0 Å². The number of carbonyl (C=O) groups is 3. The number of phenols is 4. The Morgan fingerprint density at radius 2 is 0.624 bits per heavy atom. The van der Waals surface area contributed by atoms with Crippen molar-refractivity contribution in [2.45, 2.75) is 126 Å². The van der Waals surface area contributed by atoms with Crippen LogP contribution in [-0.2, 0) is 30.7 Å². The maximum absolute atomic E-state index is 12.2. The molecule has 13 heteroatoms. The van der Waals surface area contributed by atoms with Crippen molar-refractivity contribution in [1.82, 2.24) is 0 Å². The third-order valence-corrected chi connectivity index (χ3v) is 20.0. The molecule has 0 aliphatic rings. The second kappa shape index (κ2) is 28.7. The number of aromatic carboxylic acids is 3. The maximum Gasteiger partial charge on any atom is 0.335 e. The second-order valence-electron chi connectivity index (χ2n) is 27.7. The Morgan fingerprint density at radius 3 is 0.921 bits per heavy atom. The Balaban J connectivity index is 1.18. The van der Waals surface area contributed by atoms with Gasteiger partial charge in [-0.1, -0.05) is 143 Å². The average Bonchev–Trinajstić information content (AvgIpc) is 0.728. The van der Waals surface area contributed by atoms with Crippen molar-refractivity contribution >= 4 is 17.9 Å². The van der Waals surface area contributed by atoms with Gasteiger partial charge in [0, 0.05) is 44.9 Å². The van der Waals surface area contributed by atoms with E-state index in [0.717, 1.165) is 106 Å². The van der Waals surface area contributed by atoms with E-state index in [1.165, 1.54) is 0 Å². The molecule has 0 saturated heterocycles. The van der Waals surface area contributed by atoms with Gasteiger partial charge >= 0.3 is 17.9 Å². The number of phenolic OH excluding ortho intramolecular Hbond substituents is 4. The number of aromatic hydroxyl groups is 4. The maximum atomic E-state index is 12.2. The molecule has 0 unspecified atom stereocenters. The average molecular weight is 1350 g/mol. The zero-order valence-electron chi connectivity index (χ0n) is 58.9. The fourth-order valence-corrected chi connectivity index (χ4v) is 13.7. The molecule has 0 aromatic heterocycles. The van der Waals surface area contributed by atoms with Crippen molar-refractivity contribution in [3.63, 3.8) is 0 Å². The molecular formula is C88H84O13. The van der Waals surface area contributed by atoms with E-state index in [2.05, 4.69) is 76.2 Å². The molecule has 514 valence electrons. The number of carboxylic acid groups (broad SMARTS) is 3. The Kier molecular flexibility index (Phi) is 20.1. The lowest BCUT2D eigenvalue weighted by Gasteiger charge is -2.36. The van der Waals surface area contributed by atoms with E-state index in [4.69, 9.17) is 14.2 Å². The van der Waals surface area contributed by atoms with Gasteiger partial charge < -0.3 is 50.0 Å². The third-order valence-electron chi connectivity index (χ3n) is 20.0. The molecule has 101 heavy (non-hydrogen) atoms. The minimum Gasteiger partial charge on any atom is -0.508 e. The minimum atomic E-state index is -1.06. The lowest BCUT2D eigenvalue weighted by molar-refractivity contribution is 0.0686. The number of carboxylic acids is 3. The zero-order valence-corrected chi connectivity index (χ0v) is 58.9. The number of benzene rings is 11. The van der Waals surface area contributed by atoms with Crippen molar-refractivity contribution in [2.75, 3.05) is 0 Å². The number of ether oxygens (including phenoxy) is 3. The Bertz CT molecular complexity index is 4610. The van der Waals surface area contributed by atoms with Gasteiger partial charge in [-0.2, -0.15) is 0 Å². The number of hydrogen-bond donors (Lipinski definition) is 7. The smallest absolute Gasteiger partial charge is 0.335 e. The molecule has 13 nitrogen and oxygen atoms in total. The van der Waals surface area contributed by atoms with Gasteiger partial charge in [0.15, 0.2) is 0 Å². The van der Waals surface area contributed by atoms with Crippen molar-refractivity contribution < 1.29 is 64.3 Å². The monoisotopic (exact) mass is 1350 g/mol. The highest BCUT2D eigenvalue weighted by Gasteiger charge is 2.38. The van der Waals surface area contributed by atoms with Crippen LogP contribution in [0.3, 0.4) is 0 Å². The molecule has 11 rings (SSSR count). The molecule has 0 aliphatic heterocycles. The van der Waals surface area contributed by atoms with Crippen LogP contribution in [0.1, 0.15) is 187 Å². The molecule has 0 atom stereocenters. The fraction of sp³-hybridized carbons (Fsp3) is 0.216. The molecule has 0 spiro atoms. The summed E-state index contributed by atoms with van der Waals surface area (Å²) in [5, 5.41) is 74.5. The highest BCUT2D eigenvalue weighted by Crippen LogP contribution is 2.52. The first-order chi connectivity index (χ1) is 48.0. The predicted molar refractivity (Wildman–Crippen MR) is 394 cm³/mol. The van der Waals surface area contributed by atoms with Crippen molar-refractivity contribution in [3.8, 4) is 51.4 Å². The molecule has 0 fully saturated rings. The molecule has 0 amide bonds. The Labute approximate surface area is 589 Å². The molecule has 7 N–H and O–H groups in total. The van der Waals surface area contributed by atoms with E-state index in [1.54, 1.807) is 97.1 Å². The van der Waals surface area contributed by atoms with Crippen LogP contribution in [0.2, 0.25) is 0 Å². The van der Waals surface area contributed by atoms with Gasteiger partial charge in [-0.25, -0.2) is 14.4 Å². The fourth-order valence-electron chi connectivity index (χ4n) is 13.7. The molecule has 0 radical (unpaired) electrons. The first-order valence-electron chi connectivity index (χ1n) is 33.6. The summed E-state index contributed by atoms with van der Waals surface area (Å²) >= 11 is 0. The summed E-state index contributed by atoms with van der Waals surface area (Å²) in [5.41, 5.74) is 17.0. The molecule has 0 bridgehead atoms. The van der Waals surface area contributed by atoms with Crippen LogP contribution in [0.4, 0.5) is 0 Å². The summed E-state index contributed by atoms with van der Waals surface area (Å²) in [6.07, 6.45) is 0. The molecule has 11 aromatic rings. The predicted octanol–water partition coefficient (Wildman–Crippen LogP) is 19.5. The molecule has 0 saturated carbocycles. The summed E-state index contributed by atoms with van der Waals surface area (Å²) in [4.78, 5) is 36.2. The van der Waals surface area contributed by atoms with Crippen LogP contribution in [0.25, 0.3) is 11.1 Å². The normalized spacial score (nSPS) is 11.7. The van der Waals surface area contributed by atoms with Gasteiger partial charge in [0.2, 0.25) is 0 Å². The van der Waals surface area contributed by atoms with E-state index < -0.39 is 40.6 Å². The van der Waals surface area contributed by atoms with Gasteiger partial charge in [0.1, 0.15) is 60.1 Å². The van der Waals surface area contributed by atoms with Gasteiger partial charge in [0.05, 0.1) is 16.7 Å². The van der Waals surface area contributed by atoms with Crippen LogP contribution in [-0.4, -0.2) is 53.7 Å². The standard InChI is InChI=1S/C88H84O13/c1-49-38-75(89)53(5)34-67(49)81(68-35-54(6)76(90)39-50(68)2)71-44-65(30-32-79(71)99-46-57-18-24-61(25-19-57)84(93)94)87(9,10)73-42-64(60-16-14-13-15-17-60)43-74(83(73)101-48-59-22-28-63(29-23-59)86(97)98)88(11,12)66-31-33-80(100-47-58-20-26-62(27-21-58)85(95)96)72(45-66)82(69-36-55(7)77(91)40-51(69)3)70-37-56(8)78(92)41-52(70)4/h13-45,81-82,89-92H,46-48H2,1-12H3,(H,93,94)(H,95,96)(H,97,98). The second-order valence-corrected chi connectivity index (χ2v) is 27.7. The topological polar surface area (TPSA) is 221 Å². The van der Waals surface area contributed by atoms with Gasteiger partial charge in [-0.05, 0) is 246 Å². The zero-order chi connectivity index (χ0) is 72.5. The molecule has 0 heterocycles. The number of aryl methyl sites for hydroxylation is 8. The Morgan fingerprint density at radius 1 is 0.327 bits per heavy atom. The quantitative estimate of drug-likeness (QED) is 0.0297. The van der Waals surface area contributed by atoms with E-state index in [9.17, 15) is 50.1 Å². The number of rotatable bonds is 23. The first-order valence-corrected chi connectivity index (χ1v) is 33.6. The SMILES string of the molecule is Cc1cc(C(c2cc(C)c(O)cc2C)c2cc(C(C)(C)c3cc(-c4ccccc4)cc(C(C)(C)c4ccc(OCc5ccc(C(=O)O)cc5)c(C(c5cc(C)c(O)cc5C)c5cc(C)c(O)cc5C)c4)c3OCc3ccc(C(=O)O)cc3)ccc2OCc2ccc(C(=O)O)cc2)c(C)cc1O. The van der Waals surface area contributed by atoms with Crippen LogP contribution in [0, 0.1) is 55.4 Å². The van der Waals surface area contributed by atoms with Gasteiger partial charge in [-0.3, -0.25) is 0 Å². The summed E-state index contributed by atoms with van der Waals surface area (Å²) < 4.78 is 21.4. The largest absolute Gasteiger partial charge is 0.508 e. The van der Waals surface area contributed by atoms with Gasteiger partial charge in [-0.15, -0.1) is 0 Å². The lowest BCUT2D eigenvalue weighted by atomic mass is 9.70. The Hall–Kier alpha value is -11.6. The summed E-state index contributed by atoms with van der Waals surface area (Å²) in [5.74, 6) is -1.99. The van der Waals surface area contributed by atoms with E-state index in [0.29, 0.717) is 39.5 Å².